The van der Waals surface area contributed by atoms with E-state index < -0.39 is 12.4 Å². The molecular formula is C5H6F6O. The van der Waals surface area contributed by atoms with E-state index in [2.05, 4.69) is 6.58 Å². The third kappa shape index (κ3) is 7.39. The van der Waals surface area contributed by atoms with E-state index in [1.165, 1.54) is 6.08 Å². The van der Waals surface area contributed by atoms with E-state index in [4.69, 9.17) is 5.11 Å². The number of hydrogen-bond acceptors (Lipinski definition) is 1. The third-order valence-electron chi connectivity index (χ3n) is 0.451. The maximum atomic E-state index is 10.4. The lowest BCUT2D eigenvalue weighted by Gasteiger charge is -2.08. The van der Waals surface area contributed by atoms with Gasteiger partial charge in [0, 0.05) is 0 Å². The maximum Gasteiger partial charge on any atom is 0.487 e. The summed E-state index contributed by atoms with van der Waals surface area (Å²) >= 11 is 0. The zero-order chi connectivity index (χ0) is 10.4. The van der Waals surface area contributed by atoms with E-state index in [1.54, 1.807) is 0 Å². The van der Waals surface area contributed by atoms with Gasteiger partial charge in [-0.05, 0) is 0 Å². The number of rotatable bonds is 1. The Morgan fingerprint density at radius 1 is 1.00 bits per heavy atom. The van der Waals surface area contributed by atoms with Crippen LogP contribution in [0.25, 0.3) is 0 Å². The number of aliphatic hydroxyl groups excluding tert-OH is 1. The second-order valence-electron chi connectivity index (χ2n) is 1.47. The largest absolute Gasteiger partial charge is 0.487 e. The van der Waals surface area contributed by atoms with E-state index in [0.717, 1.165) is 0 Å². The summed E-state index contributed by atoms with van der Waals surface area (Å²) in [6.07, 6.45) is -10.7. The maximum absolute atomic E-state index is 10.4. The molecule has 74 valence electrons. The van der Waals surface area contributed by atoms with Gasteiger partial charge in [-0.3, -0.25) is 0 Å². The average Bonchev–Trinajstić information content (AvgIpc) is 1.84. The molecule has 12 heavy (non-hydrogen) atoms. The van der Waals surface area contributed by atoms with Crippen LogP contribution in [0.2, 0.25) is 0 Å². The van der Waals surface area contributed by atoms with Gasteiger partial charge in [0.1, 0.15) is 0 Å². The van der Waals surface area contributed by atoms with E-state index >= 15 is 0 Å². The summed E-state index contributed by atoms with van der Waals surface area (Å²) < 4.78 is 62.6. The molecule has 0 aliphatic heterocycles. The van der Waals surface area contributed by atoms with Crippen LogP contribution in [-0.4, -0.2) is 24.1 Å². The normalized spacial score (nSPS) is 11.6. The van der Waals surface area contributed by atoms with E-state index in [9.17, 15) is 26.3 Å². The summed E-state index contributed by atoms with van der Waals surface area (Å²) in [4.78, 5) is 0. The Labute approximate surface area is 64.3 Å². The fourth-order valence-electron chi connectivity index (χ4n) is 0. The number of aliphatic hydroxyl groups is 1. The van der Waals surface area contributed by atoms with Crippen molar-refractivity contribution in [3.05, 3.63) is 12.7 Å². The van der Waals surface area contributed by atoms with Crippen molar-refractivity contribution in [1.82, 2.24) is 0 Å². The highest BCUT2D eigenvalue weighted by Crippen LogP contribution is 2.35. The first-order valence-electron chi connectivity index (χ1n) is 2.52. The van der Waals surface area contributed by atoms with Crippen LogP contribution in [0.3, 0.4) is 0 Å². The molecule has 0 unspecified atom stereocenters. The number of alkyl halides is 6. The second-order valence-corrected chi connectivity index (χ2v) is 1.47. The minimum atomic E-state index is -6.06. The molecule has 0 spiro atoms. The first-order chi connectivity index (χ1) is 5.16. The van der Waals surface area contributed by atoms with Gasteiger partial charge in [-0.25, -0.2) is 0 Å². The molecule has 0 bridgehead atoms. The number of halogens is 6. The minimum absolute atomic E-state index is 0.0833. The molecule has 0 saturated heterocycles. The Morgan fingerprint density at radius 3 is 1.17 bits per heavy atom. The Morgan fingerprint density at radius 2 is 1.17 bits per heavy atom. The van der Waals surface area contributed by atoms with Gasteiger partial charge in [0.25, 0.3) is 0 Å². The Hall–Kier alpha value is -0.720. The Balaban J connectivity index is 0. The van der Waals surface area contributed by atoms with Gasteiger partial charge in [0.2, 0.25) is 0 Å². The van der Waals surface area contributed by atoms with Crippen molar-refractivity contribution in [2.24, 2.45) is 0 Å². The second kappa shape index (κ2) is 5.02. The molecule has 0 amide bonds. The minimum Gasteiger partial charge on any atom is -0.392 e. The van der Waals surface area contributed by atoms with Crippen LogP contribution in [0.15, 0.2) is 12.7 Å². The first-order valence-corrected chi connectivity index (χ1v) is 2.52. The van der Waals surface area contributed by atoms with E-state index in [-0.39, 0.29) is 6.61 Å². The highest BCUT2D eigenvalue weighted by atomic mass is 19.5. The zero-order valence-corrected chi connectivity index (χ0v) is 5.71. The average molecular weight is 196 g/mol. The van der Waals surface area contributed by atoms with Crippen molar-refractivity contribution < 1.29 is 31.4 Å². The molecule has 0 radical (unpaired) electrons. The molecule has 0 atom stereocenters. The Kier molecular flexibility index (Phi) is 5.79. The predicted molar refractivity (Wildman–Crippen MR) is 29.4 cm³/mol. The summed E-state index contributed by atoms with van der Waals surface area (Å²) in [5, 5.41) is 7.76. The standard InChI is InChI=1S/C3H6O.C2F6/c1-2-3-4;3-1(4,5)2(6,7)8/h2,4H,1,3H2;. The number of hydrogen-bond donors (Lipinski definition) is 1. The van der Waals surface area contributed by atoms with Gasteiger partial charge in [-0.15, -0.1) is 6.58 Å². The lowest BCUT2D eigenvalue weighted by atomic mass is 10.7. The van der Waals surface area contributed by atoms with Crippen LogP contribution in [0.4, 0.5) is 26.3 Å². The van der Waals surface area contributed by atoms with Gasteiger partial charge < -0.3 is 5.11 Å². The summed E-state index contributed by atoms with van der Waals surface area (Å²) in [7, 11) is 0. The monoisotopic (exact) mass is 196 g/mol. The zero-order valence-electron chi connectivity index (χ0n) is 5.71. The van der Waals surface area contributed by atoms with Crippen LogP contribution in [0.5, 0.6) is 0 Å². The van der Waals surface area contributed by atoms with E-state index in [1.807, 2.05) is 0 Å². The molecule has 0 aromatic rings. The summed E-state index contributed by atoms with van der Waals surface area (Å²) in [6.45, 7) is 3.31. The van der Waals surface area contributed by atoms with Gasteiger partial charge >= 0.3 is 12.4 Å². The molecule has 0 fully saturated rings. The fraction of sp³-hybridized carbons (Fsp3) is 0.600. The molecule has 0 heterocycles. The highest BCUT2D eigenvalue weighted by molar-refractivity contribution is 4.61. The summed E-state index contributed by atoms with van der Waals surface area (Å²) in [5.41, 5.74) is 0. The molecular weight excluding hydrogens is 190 g/mol. The lowest BCUT2D eigenvalue weighted by molar-refractivity contribution is -0.339. The molecule has 0 saturated carbocycles. The fourth-order valence-corrected chi connectivity index (χ4v) is 0. The van der Waals surface area contributed by atoms with Crippen molar-refractivity contribution >= 4 is 0 Å². The summed E-state index contributed by atoms with van der Waals surface area (Å²) in [6, 6.07) is 0. The predicted octanol–water partition coefficient (Wildman–Crippen LogP) is 2.28. The summed E-state index contributed by atoms with van der Waals surface area (Å²) in [5.74, 6) is 0. The molecule has 0 aliphatic rings. The van der Waals surface area contributed by atoms with Crippen LogP contribution in [0, 0.1) is 0 Å². The smallest absolute Gasteiger partial charge is 0.392 e. The van der Waals surface area contributed by atoms with Crippen molar-refractivity contribution in [3.63, 3.8) is 0 Å². The van der Waals surface area contributed by atoms with Crippen molar-refractivity contribution in [3.8, 4) is 0 Å². The van der Waals surface area contributed by atoms with Crippen molar-refractivity contribution in [2.75, 3.05) is 6.61 Å². The van der Waals surface area contributed by atoms with Crippen LogP contribution >= 0.6 is 0 Å². The molecule has 1 N–H and O–H groups in total. The highest BCUT2D eigenvalue weighted by Gasteiger charge is 2.58. The van der Waals surface area contributed by atoms with Gasteiger partial charge in [-0.1, -0.05) is 6.08 Å². The molecule has 7 heteroatoms. The van der Waals surface area contributed by atoms with Gasteiger partial charge in [0.05, 0.1) is 6.61 Å². The van der Waals surface area contributed by atoms with Crippen molar-refractivity contribution in [1.29, 1.82) is 0 Å². The van der Waals surface area contributed by atoms with Crippen molar-refractivity contribution in [2.45, 2.75) is 12.4 Å². The van der Waals surface area contributed by atoms with Gasteiger partial charge in [-0.2, -0.15) is 26.3 Å². The molecule has 0 aromatic carbocycles. The van der Waals surface area contributed by atoms with Crippen LogP contribution < -0.4 is 0 Å². The Bertz CT molecular complexity index is 111. The van der Waals surface area contributed by atoms with Crippen LogP contribution in [-0.2, 0) is 0 Å². The first kappa shape index (κ1) is 13.8. The molecule has 0 aromatic heterocycles. The lowest BCUT2D eigenvalue weighted by Crippen LogP contribution is -2.30. The van der Waals surface area contributed by atoms with E-state index in [0.29, 0.717) is 0 Å². The third-order valence-corrected chi connectivity index (χ3v) is 0.451. The molecule has 0 rings (SSSR count). The molecule has 0 aliphatic carbocycles. The van der Waals surface area contributed by atoms with Gasteiger partial charge in [0.15, 0.2) is 0 Å². The topological polar surface area (TPSA) is 20.2 Å². The molecule has 1 nitrogen and oxygen atoms in total. The SMILES string of the molecule is C=CCO.FC(F)(F)C(F)(F)F. The van der Waals surface area contributed by atoms with Crippen LogP contribution in [0.1, 0.15) is 0 Å². The quantitative estimate of drug-likeness (QED) is 0.503.